The van der Waals surface area contributed by atoms with Crippen LogP contribution in [0.3, 0.4) is 0 Å². The second kappa shape index (κ2) is 6.80. The molecule has 6 heteroatoms. The highest BCUT2D eigenvalue weighted by atomic mass is 32.8. The zero-order valence-electron chi connectivity index (χ0n) is 10.4. The van der Waals surface area contributed by atoms with Crippen molar-refractivity contribution in [3.05, 3.63) is 24.3 Å². The smallest absolute Gasteiger partial charge is 0.322 e. The van der Waals surface area contributed by atoms with Crippen molar-refractivity contribution < 1.29 is 12.5 Å². The molecule has 0 aromatic carbocycles. The van der Waals surface area contributed by atoms with Gasteiger partial charge in [0, 0.05) is 17.8 Å². The van der Waals surface area contributed by atoms with Gasteiger partial charge >= 0.3 is 10.0 Å². The molecule has 17 heavy (non-hydrogen) atoms. The van der Waals surface area contributed by atoms with E-state index in [1.807, 2.05) is 31.2 Å². The summed E-state index contributed by atoms with van der Waals surface area (Å²) in [5, 5.41) is 0. The van der Waals surface area contributed by atoms with E-state index in [0.717, 1.165) is 12.8 Å². The molecule has 0 N–H and O–H groups in total. The summed E-state index contributed by atoms with van der Waals surface area (Å²) in [6.45, 7) is 4.55. The fraction of sp³-hybridized carbons (Fsp3) is 0.636. The van der Waals surface area contributed by atoms with Crippen molar-refractivity contribution >= 4 is 30.0 Å². The van der Waals surface area contributed by atoms with Crippen LogP contribution in [0.2, 0.25) is 0 Å². The molecule has 2 atom stereocenters. The van der Waals surface area contributed by atoms with Gasteiger partial charge in [-0.1, -0.05) is 37.6 Å². The first-order chi connectivity index (χ1) is 8.08. The van der Waals surface area contributed by atoms with Crippen molar-refractivity contribution in [2.75, 3.05) is 6.61 Å². The van der Waals surface area contributed by atoms with E-state index in [2.05, 4.69) is 6.92 Å². The van der Waals surface area contributed by atoms with Gasteiger partial charge in [-0.05, 0) is 19.8 Å². The normalized spacial score (nSPS) is 27.6. The van der Waals surface area contributed by atoms with Crippen LogP contribution in [0.25, 0.3) is 0 Å². The molecule has 0 aliphatic heterocycles. The van der Waals surface area contributed by atoms with Crippen molar-refractivity contribution in [1.29, 1.82) is 0 Å². The molecule has 0 amide bonds. The van der Waals surface area contributed by atoms with E-state index in [1.54, 1.807) is 0 Å². The summed E-state index contributed by atoms with van der Waals surface area (Å²) in [4.78, 5) is 0. The Morgan fingerprint density at radius 3 is 2.76 bits per heavy atom. The van der Waals surface area contributed by atoms with Crippen LogP contribution in [0.15, 0.2) is 24.3 Å². The van der Waals surface area contributed by atoms with E-state index in [4.69, 9.17) is 19.5 Å². The fourth-order valence-corrected chi connectivity index (χ4v) is 5.72. The topological polar surface area (TPSA) is 35.5 Å². The maximum Gasteiger partial charge on any atom is 0.322 e. The van der Waals surface area contributed by atoms with Crippen LogP contribution in [0.4, 0.5) is 0 Å². The Morgan fingerprint density at radius 2 is 2.24 bits per heavy atom. The highest BCUT2D eigenvalue weighted by Crippen LogP contribution is 2.33. The average molecular weight is 292 g/mol. The molecule has 0 saturated heterocycles. The lowest BCUT2D eigenvalue weighted by atomic mass is 9.95. The first-order valence-electron chi connectivity index (χ1n) is 5.89. The van der Waals surface area contributed by atoms with Crippen molar-refractivity contribution in [2.24, 2.45) is 0 Å². The van der Waals surface area contributed by atoms with Crippen LogP contribution < -0.4 is 0 Å². The van der Waals surface area contributed by atoms with Crippen LogP contribution in [-0.4, -0.2) is 25.6 Å². The fourth-order valence-electron chi connectivity index (χ4n) is 1.86. The van der Waals surface area contributed by atoms with Gasteiger partial charge in [-0.15, -0.1) is 0 Å². The molecule has 0 heterocycles. The second-order valence-corrected chi connectivity index (χ2v) is 8.61. The van der Waals surface area contributed by atoms with E-state index in [0.29, 0.717) is 13.0 Å². The molecule has 1 aliphatic rings. The average Bonchev–Trinajstić information content (AvgIpc) is 2.30. The Bertz CT molecular complexity index is 390. The Balaban J connectivity index is 2.83. The van der Waals surface area contributed by atoms with Gasteiger partial charge in [-0.2, -0.15) is 0 Å². The summed E-state index contributed by atoms with van der Waals surface area (Å²) in [5.41, 5.74) is 0. The summed E-state index contributed by atoms with van der Waals surface area (Å²) < 4.78 is 22.7. The molecule has 0 aromatic rings. The van der Waals surface area contributed by atoms with Gasteiger partial charge in [0.2, 0.25) is 0 Å². The van der Waals surface area contributed by atoms with Crippen molar-refractivity contribution in [2.45, 2.75) is 37.9 Å². The second-order valence-electron chi connectivity index (χ2n) is 3.99. The third kappa shape index (κ3) is 3.72. The molecular weight excluding hydrogens is 272 g/mol. The van der Waals surface area contributed by atoms with Crippen LogP contribution in [0.1, 0.15) is 33.1 Å². The van der Waals surface area contributed by atoms with Gasteiger partial charge in [0.05, 0.1) is 4.75 Å². The maximum absolute atomic E-state index is 12.6. The Hall–Kier alpha value is -0.0131. The molecule has 3 nitrogen and oxygen atoms in total. The zero-order chi connectivity index (χ0) is 12.8. The third-order valence-corrected chi connectivity index (χ3v) is 8.34. The Morgan fingerprint density at radius 1 is 1.47 bits per heavy atom. The van der Waals surface area contributed by atoms with E-state index < -0.39 is 23.5 Å². The molecule has 1 aliphatic carbocycles. The number of hydrogen-bond acceptors (Lipinski definition) is 4. The summed E-state index contributed by atoms with van der Waals surface area (Å²) in [7, 11) is -3.98. The summed E-state index contributed by atoms with van der Waals surface area (Å²) in [5.74, 6) is 0. The van der Waals surface area contributed by atoms with Gasteiger partial charge in [-0.25, -0.2) is 4.21 Å². The molecule has 0 fully saturated rings. The van der Waals surface area contributed by atoms with Crippen molar-refractivity contribution in [3.8, 4) is 0 Å². The standard InChI is InChI=1S/C11H20O3S2Si/c1-3-8-11(9-6-5-7-10-11)16(12,15)14-17-13-4-2/h5-7,9H,3-4,8,10,17H2,1-2H3. The number of rotatable bonds is 7. The third-order valence-electron chi connectivity index (χ3n) is 2.77. The van der Waals surface area contributed by atoms with Crippen molar-refractivity contribution in [3.63, 3.8) is 0 Å². The number of allylic oxidation sites excluding steroid dienone is 3. The summed E-state index contributed by atoms with van der Waals surface area (Å²) in [6, 6.07) is 0. The first-order valence-corrected chi connectivity index (χ1v) is 9.45. The molecule has 2 unspecified atom stereocenters. The lowest BCUT2D eigenvalue weighted by Crippen LogP contribution is -2.38. The van der Waals surface area contributed by atoms with Crippen LogP contribution in [0, 0.1) is 0 Å². The Kier molecular flexibility index (Phi) is 6.01. The molecule has 98 valence electrons. The molecule has 0 aromatic heterocycles. The monoisotopic (exact) mass is 292 g/mol. The Labute approximate surface area is 111 Å². The molecular formula is C11H20O3S2Si. The zero-order valence-corrected chi connectivity index (χ0v) is 13.4. The van der Waals surface area contributed by atoms with E-state index in [1.165, 1.54) is 0 Å². The maximum atomic E-state index is 12.6. The van der Waals surface area contributed by atoms with E-state index in [-0.39, 0.29) is 0 Å². The lowest BCUT2D eigenvalue weighted by Gasteiger charge is -2.32. The predicted molar refractivity (Wildman–Crippen MR) is 77.3 cm³/mol. The quantitative estimate of drug-likeness (QED) is 0.529. The lowest BCUT2D eigenvalue weighted by molar-refractivity contribution is 0.311. The van der Waals surface area contributed by atoms with Crippen molar-refractivity contribution in [1.82, 2.24) is 0 Å². The number of hydrogen-bond donors (Lipinski definition) is 0. The first kappa shape index (κ1) is 15.0. The van der Waals surface area contributed by atoms with Gasteiger partial charge in [0.15, 0.2) is 0 Å². The van der Waals surface area contributed by atoms with Crippen LogP contribution in [-0.2, 0) is 28.3 Å². The largest absolute Gasteiger partial charge is 0.399 e. The van der Waals surface area contributed by atoms with Gasteiger partial charge in [-0.3, -0.25) is 0 Å². The minimum atomic E-state index is -2.75. The van der Waals surface area contributed by atoms with Gasteiger partial charge < -0.3 is 8.30 Å². The predicted octanol–water partition coefficient (Wildman–Crippen LogP) is 1.75. The van der Waals surface area contributed by atoms with E-state index in [9.17, 15) is 4.21 Å². The van der Waals surface area contributed by atoms with Gasteiger partial charge in [0.1, 0.15) is 8.77 Å². The molecule has 0 bridgehead atoms. The van der Waals surface area contributed by atoms with Crippen LogP contribution >= 0.6 is 0 Å². The molecule has 0 saturated carbocycles. The highest BCUT2D eigenvalue weighted by Gasteiger charge is 2.38. The molecule has 0 radical (unpaired) electrons. The van der Waals surface area contributed by atoms with Gasteiger partial charge in [0.25, 0.3) is 0 Å². The minimum absolute atomic E-state index is 0.518. The molecule has 1 rings (SSSR count). The SMILES string of the molecule is CCCC1(S(=O)(=S)O[SiH2]OCC)C=CC=CC1. The minimum Gasteiger partial charge on any atom is -0.399 e. The van der Waals surface area contributed by atoms with E-state index >= 15 is 0 Å². The van der Waals surface area contributed by atoms with Crippen LogP contribution in [0.5, 0.6) is 0 Å². The summed E-state index contributed by atoms with van der Waals surface area (Å²) in [6.07, 6.45) is 10.2. The highest BCUT2D eigenvalue weighted by molar-refractivity contribution is 8.31. The summed E-state index contributed by atoms with van der Waals surface area (Å²) >= 11 is 5.23. The molecule has 0 spiro atoms.